The number of nitrogens with zero attached hydrogens (tertiary/aromatic N) is 1. The Morgan fingerprint density at radius 1 is 1.08 bits per heavy atom. The summed E-state index contributed by atoms with van der Waals surface area (Å²) in [7, 11) is 0. The summed E-state index contributed by atoms with van der Waals surface area (Å²) in [5.74, 6) is 3.66. The van der Waals surface area contributed by atoms with Crippen LogP contribution in [0.5, 0.6) is 11.5 Å². The fraction of sp³-hybridized carbons (Fsp3) is 0.625. The molecule has 6 atom stereocenters. The van der Waals surface area contributed by atoms with Crippen molar-refractivity contribution in [2.75, 3.05) is 26.5 Å². The first-order valence-corrected chi connectivity index (χ1v) is 14.6. The molecule has 3 aliphatic heterocycles. The van der Waals surface area contributed by atoms with Crippen molar-refractivity contribution in [2.45, 2.75) is 83.6 Å². The van der Waals surface area contributed by atoms with Crippen molar-refractivity contribution in [1.29, 1.82) is 0 Å². The van der Waals surface area contributed by atoms with Crippen LogP contribution >= 0.6 is 0 Å². The molecule has 4 fully saturated rings. The maximum Gasteiger partial charge on any atom is 0.165 e. The first-order valence-electron chi connectivity index (χ1n) is 14.6. The van der Waals surface area contributed by atoms with Gasteiger partial charge in [-0.2, -0.15) is 0 Å². The van der Waals surface area contributed by atoms with E-state index in [1.165, 1.54) is 36.1 Å². The van der Waals surface area contributed by atoms with Gasteiger partial charge in [0.2, 0.25) is 0 Å². The normalized spacial score (nSPS) is 34.1. The van der Waals surface area contributed by atoms with Crippen LogP contribution in [0.1, 0.15) is 63.1 Å². The predicted molar refractivity (Wildman–Crippen MR) is 145 cm³/mol. The second-order valence-corrected chi connectivity index (χ2v) is 11.6. The molecule has 2 aromatic carbocycles. The summed E-state index contributed by atoms with van der Waals surface area (Å²) in [6, 6.07) is 15.3. The average molecular weight is 506 g/mol. The smallest absolute Gasteiger partial charge is 0.165 e. The van der Waals surface area contributed by atoms with Gasteiger partial charge in [0.15, 0.2) is 11.5 Å². The summed E-state index contributed by atoms with van der Waals surface area (Å²) >= 11 is 0. The molecule has 1 spiro atoms. The summed E-state index contributed by atoms with van der Waals surface area (Å²) in [4.78, 5) is 2.78. The fourth-order valence-corrected chi connectivity index (χ4v) is 7.72. The van der Waals surface area contributed by atoms with Crippen LogP contribution in [-0.2, 0) is 21.5 Å². The van der Waals surface area contributed by atoms with Crippen LogP contribution in [0.15, 0.2) is 42.5 Å². The molecule has 5 heteroatoms. The third-order valence-corrected chi connectivity index (χ3v) is 9.60. The molecule has 2 aromatic rings. The van der Waals surface area contributed by atoms with Crippen LogP contribution in [0.4, 0.5) is 0 Å². The van der Waals surface area contributed by atoms with Gasteiger partial charge >= 0.3 is 0 Å². The minimum atomic E-state index is -0.0243. The van der Waals surface area contributed by atoms with Crippen molar-refractivity contribution in [3.05, 3.63) is 59.2 Å². The van der Waals surface area contributed by atoms with E-state index in [0.29, 0.717) is 31.3 Å². The van der Waals surface area contributed by atoms with Crippen molar-refractivity contribution in [1.82, 2.24) is 4.90 Å². The molecule has 200 valence electrons. The fourth-order valence-electron chi connectivity index (χ4n) is 7.72. The van der Waals surface area contributed by atoms with E-state index in [9.17, 15) is 0 Å². The monoisotopic (exact) mass is 505 g/mol. The molecule has 0 aromatic heterocycles. The zero-order valence-electron chi connectivity index (χ0n) is 22.9. The Kier molecular flexibility index (Phi) is 6.98. The Morgan fingerprint density at radius 3 is 2.68 bits per heavy atom. The van der Waals surface area contributed by atoms with Crippen LogP contribution < -0.4 is 9.47 Å². The number of rotatable bonds is 5. The maximum atomic E-state index is 6.99. The molecule has 0 bridgehead atoms. The number of fused-ring (bicyclic) bond motifs is 3. The molecule has 2 aliphatic carbocycles. The number of hydrogen-bond acceptors (Lipinski definition) is 5. The zero-order chi connectivity index (χ0) is 25.6. The molecule has 5 unspecified atom stereocenters. The van der Waals surface area contributed by atoms with E-state index in [0.717, 1.165) is 43.4 Å². The average Bonchev–Trinajstić information content (AvgIpc) is 3.69. The molecule has 0 N–H and O–H groups in total. The lowest BCUT2D eigenvalue weighted by atomic mass is 9.53. The number of benzene rings is 2. The highest BCUT2D eigenvalue weighted by atomic mass is 16.7. The van der Waals surface area contributed by atoms with E-state index in [-0.39, 0.29) is 17.6 Å². The minimum absolute atomic E-state index is 0.0239. The number of likely N-dealkylation sites (tertiary alicyclic amines) is 1. The van der Waals surface area contributed by atoms with Crippen LogP contribution in [-0.4, -0.2) is 49.6 Å². The van der Waals surface area contributed by atoms with Gasteiger partial charge in [0, 0.05) is 29.5 Å². The van der Waals surface area contributed by atoms with Gasteiger partial charge in [-0.3, -0.25) is 0 Å². The Hall–Kier alpha value is -2.08. The number of ether oxygens (including phenoxy) is 4. The van der Waals surface area contributed by atoms with Gasteiger partial charge < -0.3 is 23.8 Å². The lowest BCUT2D eigenvalue weighted by Crippen LogP contribution is -2.67. The van der Waals surface area contributed by atoms with Gasteiger partial charge in [0.25, 0.3) is 0 Å². The molecule has 37 heavy (non-hydrogen) atoms. The number of hydrogen-bond donors (Lipinski definition) is 0. The quantitative estimate of drug-likeness (QED) is 0.490. The third-order valence-electron chi connectivity index (χ3n) is 9.60. The van der Waals surface area contributed by atoms with Crippen LogP contribution in [0.2, 0.25) is 0 Å². The molecule has 0 amide bonds. The summed E-state index contributed by atoms with van der Waals surface area (Å²) in [5.41, 5.74) is 3.87. The maximum absolute atomic E-state index is 6.99. The van der Waals surface area contributed by atoms with Crippen LogP contribution in [0.25, 0.3) is 0 Å². The van der Waals surface area contributed by atoms with Crippen molar-refractivity contribution >= 4 is 0 Å². The van der Waals surface area contributed by atoms with E-state index in [1.54, 1.807) is 0 Å². The molecule has 5 nitrogen and oxygen atoms in total. The summed E-state index contributed by atoms with van der Waals surface area (Å²) in [6.07, 6.45) is 5.18. The van der Waals surface area contributed by atoms with Gasteiger partial charge in [-0.1, -0.05) is 50.2 Å². The summed E-state index contributed by atoms with van der Waals surface area (Å²) in [6.45, 7) is 12.8. The van der Waals surface area contributed by atoms with Gasteiger partial charge in [-0.05, 0) is 75.1 Å². The molecule has 7 rings (SSSR count). The van der Waals surface area contributed by atoms with Crippen molar-refractivity contribution in [2.24, 2.45) is 17.8 Å². The topological polar surface area (TPSA) is 40.2 Å². The number of aryl methyl sites for hydroxylation is 1. The molecular formula is C32H43NO4. The lowest BCUT2D eigenvalue weighted by Gasteiger charge is -2.58. The van der Waals surface area contributed by atoms with E-state index < -0.39 is 0 Å². The summed E-state index contributed by atoms with van der Waals surface area (Å²) < 4.78 is 25.5. The predicted octanol–water partition coefficient (Wildman–Crippen LogP) is 6.11. The zero-order valence-corrected chi connectivity index (χ0v) is 22.9. The van der Waals surface area contributed by atoms with Gasteiger partial charge in [-0.15, -0.1) is 0 Å². The minimum Gasteiger partial charge on any atom is -0.485 e. The largest absolute Gasteiger partial charge is 0.485 e. The van der Waals surface area contributed by atoms with Crippen LogP contribution in [0.3, 0.4) is 0 Å². The molecule has 2 saturated heterocycles. The number of piperidine rings is 1. The molecule has 3 heterocycles. The van der Waals surface area contributed by atoms with Gasteiger partial charge in [0.05, 0.1) is 6.61 Å². The molecular weight excluding hydrogens is 462 g/mol. The van der Waals surface area contributed by atoms with E-state index >= 15 is 0 Å². The highest BCUT2D eigenvalue weighted by Gasteiger charge is 2.66. The first-order chi connectivity index (χ1) is 18.1. The van der Waals surface area contributed by atoms with Crippen molar-refractivity contribution < 1.29 is 18.9 Å². The Morgan fingerprint density at radius 2 is 1.89 bits per heavy atom. The van der Waals surface area contributed by atoms with Gasteiger partial charge in [0.1, 0.15) is 25.6 Å². The Bertz CT molecular complexity index is 1090. The van der Waals surface area contributed by atoms with Crippen molar-refractivity contribution in [3.8, 4) is 11.5 Å². The van der Waals surface area contributed by atoms with Crippen molar-refractivity contribution in [3.63, 3.8) is 0 Å². The van der Waals surface area contributed by atoms with Crippen LogP contribution in [0, 0.1) is 24.7 Å². The molecule has 2 saturated carbocycles. The van der Waals surface area contributed by atoms with E-state index in [1.807, 2.05) is 19.9 Å². The van der Waals surface area contributed by atoms with E-state index in [4.69, 9.17) is 18.9 Å². The lowest BCUT2D eigenvalue weighted by molar-refractivity contribution is -0.233. The molecule has 5 aliphatic rings. The SMILES string of the molecule is CC.Cc1ccc(OCc2ccccc2)c2c1C13CCN(CC4CC4)C(C)C1CC1COCOC1[C@@H]3O2. The second-order valence-electron chi connectivity index (χ2n) is 11.6. The highest BCUT2D eigenvalue weighted by Crippen LogP contribution is 2.63. The molecule has 0 radical (unpaired) electrons. The third kappa shape index (κ3) is 4.27. The summed E-state index contributed by atoms with van der Waals surface area (Å²) in [5, 5.41) is 0. The Labute approximate surface area is 222 Å². The Balaban J connectivity index is 0.00000123. The second kappa shape index (κ2) is 10.2. The highest BCUT2D eigenvalue weighted by molar-refractivity contribution is 5.59. The van der Waals surface area contributed by atoms with Gasteiger partial charge in [-0.25, -0.2) is 0 Å². The van der Waals surface area contributed by atoms with E-state index in [2.05, 4.69) is 55.1 Å². The standard InChI is InChI=1S/C30H37NO4.C2H6/c1-19-8-11-25(33-16-22-6-4-3-5-7-22)28-26(19)30-12-13-31(15-21-9-10-21)20(2)24(30)14-23-17-32-18-34-27(23)29(30)35-28;1-2/h3-8,11,20-21,23-24,27,29H,9-10,12-18H2,1-2H3;1-2H3/t20?,23?,24?,27?,29-,30?;/m0./s1. The first kappa shape index (κ1) is 25.2.